The standard InChI is InChI=1S/C15H22FN/c1-12-9-10-14(16)15(11-12)17-13-7-5-3-2-4-6-8-13/h9-11,13,17H,2-8H2,1H3. The van der Waals surface area contributed by atoms with E-state index in [9.17, 15) is 4.39 Å². The van der Waals surface area contributed by atoms with Crippen molar-refractivity contribution in [2.75, 3.05) is 5.32 Å². The summed E-state index contributed by atoms with van der Waals surface area (Å²) in [6, 6.07) is 5.74. The van der Waals surface area contributed by atoms with Gasteiger partial charge < -0.3 is 5.32 Å². The van der Waals surface area contributed by atoms with E-state index in [1.165, 1.54) is 44.9 Å². The van der Waals surface area contributed by atoms with Crippen molar-refractivity contribution >= 4 is 5.69 Å². The van der Waals surface area contributed by atoms with Gasteiger partial charge in [0.1, 0.15) is 5.82 Å². The largest absolute Gasteiger partial charge is 0.380 e. The minimum absolute atomic E-state index is 0.127. The van der Waals surface area contributed by atoms with E-state index in [1.54, 1.807) is 6.07 Å². The molecule has 1 saturated carbocycles. The second-order valence-electron chi connectivity index (χ2n) is 5.17. The van der Waals surface area contributed by atoms with Crippen molar-refractivity contribution < 1.29 is 4.39 Å². The fourth-order valence-corrected chi connectivity index (χ4v) is 2.57. The van der Waals surface area contributed by atoms with Gasteiger partial charge in [-0.25, -0.2) is 4.39 Å². The zero-order valence-electron chi connectivity index (χ0n) is 10.6. The van der Waals surface area contributed by atoms with E-state index in [1.807, 2.05) is 19.1 Å². The van der Waals surface area contributed by atoms with Crippen molar-refractivity contribution in [3.8, 4) is 0 Å². The highest BCUT2D eigenvalue weighted by molar-refractivity contribution is 5.47. The Kier molecular flexibility index (Phi) is 4.41. The maximum Gasteiger partial charge on any atom is 0.146 e. The molecule has 0 atom stereocenters. The molecule has 1 aromatic rings. The van der Waals surface area contributed by atoms with Gasteiger partial charge in [-0.3, -0.25) is 0 Å². The van der Waals surface area contributed by atoms with Crippen LogP contribution in [-0.2, 0) is 0 Å². The van der Waals surface area contributed by atoms with Crippen LogP contribution in [0.25, 0.3) is 0 Å². The molecule has 2 heteroatoms. The van der Waals surface area contributed by atoms with Crippen LogP contribution in [0.5, 0.6) is 0 Å². The first-order chi connectivity index (χ1) is 8.25. The molecular weight excluding hydrogens is 213 g/mol. The van der Waals surface area contributed by atoms with Crippen molar-refractivity contribution in [1.29, 1.82) is 0 Å². The number of hydrogen-bond acceptors (Lipinski definition) is 1. The van der Waals surface area contributed by atoms with Crippen molar-refractivity contribution in [2.24, 2.45) is 0 Å². The molecule has 0 aliphatic heterocycles. The van der Waals surface area contributed by atoms with Gasteiger partial charge in [-0.1, -0.05) is 38.2 Å². The Labute approximate surface area is 103 Å². The smallest absolute Gasteiger partial charge is 0.146 e. The molecule has 0 radical (unpaired) electrons. The molecule has 0 aromatic heterocycles. The Balaban J connectivity index is 2.00. The molecule has 0 unspecified atom stereocenters. The summed E-state index contributed by atoms with van der Waals surface area (Å²) >= 11 is 0. The van der Waals surface area contributed by atoms with Gasteiger partial charge in [-0.2, -0.15) is 0 Å². The van der Waals surface area contributed by atoms with Crippen molar-refractivity contribution in [1.82, 2.24) is 0 Å². The van der Waals surface area contributed by atoms with Gasteiger partial charge in [-0.15, -0.1) is 0 Å². The number of rotatable bonds is 2. The van der Waals surface area contributed by atoms with E-state index in [0.717, 1.165) is 5.56 Å². The van der Waals surface area contributed by atoms with Crippen LogP contribution in [0, 0.1) is 12.7 Å². The summed E-state index contributed by atoms with van der Waals surface area (Å²) in [5.74, 6) is -0.127. The quantitative estimate of drug-likeness (QED) is 0.786. The minimum atomic E-state index is -0.127. The molecule has 1 N–H and O–H groups in total. The zero-order chi connectivity index (χ0) is 12.1. The van der Waals surface area contributed by atoms with Gasteiger partial charge in [0.2, 0.25) is 0 Å². The minimum Gasteiger partial charge on any atom is -0.380 e. The summed E-state index contributed by atoms with van der Waals surface area (Å²) in [5, 5.41) is 3.38. The number of benzene rings is 1. The third-order valence-electron chi connectivity index (χ3n) is 3.59. The number of hydrogen-bond donors (Lipinski definition) is 1. The summed E-state index contributed by atoms with van der Waals surface area (Å²) < 4.78 is 13.6. The molecule has 0 saturated heterocycles. The fraction of sp³-hybridized carbons (Fsp3) is 0.600. The lowest BCUT2D eigenvalue weighted by atomic mass is 9.96. The molecule has 1 aromatic carbocycles. The van der Waals surface area contributed by atoms with Crippen LogP contribution in [0.4, 0.5) is 10.1 Å². The molecule has 0 heterocycles. The molecule has 1 nitrogen and oxygen atoms in total. The van der Waals surface area contributed by atoms with Crippen LogP contribution in [0.1, 0.15) is 50.5 Å². The average molecular weight is 235 g/mol. The van der Waals surface area contributed by atoms with Gasteiger partial charge in [-0.05, 0) is 37.5 Å². The van der Waals surface area contributed by atoms with Crippen LogP contribution in [-0.4, -0.2) is 6.04 Å². The Morgan fingerprint density at radius 1 is 1.06 bits per heavy atom. The lowest BCUT2D eigenvalue weighted by Gasteiger charge is -2.22. The van der Waals surface area contributed by atoms with Crippen LogP contribution < -0.4 is 5.32 Å². The van der Waals surface area contributed by atoms with Crippen molar-refractivity contribution in [3.63, 3.8) is 0 Å². The predicted octanol–water partition coefficient (Wildman–Crippen LogP) is 4.66. The maximum atomic E-state index is 13.6. The number of nitrogens with one attached hydrogen (secondary N) is 1. The monoisotopic (exact) mass is 235 g/mol. The van der Waals surface area contributed by atoms with Crippen molar-refractivity contribution in [3.05, 3.63) is 29.6 Å². The molecule has 1 aliphatic rings. The van der Waals surface area contributed by atoms with Gasteiger partial charge >= 0.3 is 0 Å². The lowest BCUT2D eigenvalue weighted by molar-refractivity contribution is 0.469. The van der Waals surface area contributed by atoms with E-state index in [2.05, 4.69) is 5.32 Å². The van der Waals surface area contributed by atoms with Gasteiger partial charge in [0, 0.05) is 6.04 Å². The SMILES string of the molecule is Cc1ccc(F)c(NC2CCCCCCC2)c1. The van der Waals surface area contributed by atoms with Crippen LogP contribution in [0.2, 0.25) is 0 Å². The summed E-state index contributed by atoms with van der Waals surface area (Å²) in [6.07, 6.45) is 8.91. The molecule has 1 fully saturated rings. The number of halogens is 1. The number of aryl methyl sites for hydroxylation is 1. The first kappa shape index (κ1) is 12.4. The highest BCUT2D eigenvalue weighted by Crippen LogP contribution is 2.23. The molecule has 2 rings (SSSR count). The highest BCUT2D eigenvalue weighted by Gasteiger charge is 2.12. The fourth-order valence-electron chi connectivity index (χ4n) is 2.57. The third kappa shape index (κ3) is 3.72. The van der Waals surface area contributed by atoms with E-state index in [0.29, 0.717) is 11.7 Å². The Bertz CT molecular complexity index is 354. The van der Waals surface area contributed by atoms with E-state index >= 15 is 0 Å². The average Bonchev–Trinajstić information content (AvgIpc) is 2.27. The van der Waals surface area contributed by atoms with E-state index in [4.69, 9.17) is 0 Å². The van der Waals surface area contributed by atoms with Crippen LogP contribution in [0.15, 0.2) is 18.2 Å². The van der Waals surface area contributed by atoms with Crippen molar-refractivity contribution in [2.45, 2.75) is 57.9 Å². The molecule has 0 spiro atoms. The zero-order valence-corrected chi connectivity index (χ0v) is 10.6. The van der Waals surface area contributed by atoms with Crippen LogP contribution in [0.3, 0.4) is 0 Å². The summed E-state index contributed by atoms with van der Waals surface area (Å²) in [4.78, 5) is 0. The second-order valence-corrected chi connectivity index (χ2v) is 5.17. The molecular formula is C15H22FN. The third-order valence-corrected chi connectivity index (χ3v) is 3.59. The molecule has 94 valence electrons. The Hall–Kier alpha value is -1.05. The molecule has 0 bridgehead atoms. The lowest BCUT2D eigenvalue weighted by Crippen LogP contribution is -2.21. The normalized spacial score (nSPS) is 18.5. The summed E-state index contributed by atoms with van der Waals surface area (Å²) in [7, 11) is 0. The summed E-state index contributed by atoms with van der Waals surface area (Å²) in [5.41, 5.74) is 1.79. The van der Waals surface area contributed by atoms with Gasteiger partial charge in [0.15, 0.2) is 0 Å². The number of anilines is 1. The van der Waals surface area contributed by atoms with Crippen LogP contribution >= 0.6 is 0 Å². The Morgan fingerprint density at radius 2 is 1.71 bits per heavy atom. The predicted molar refractivity (Wildman–Crippen MR) is 70.9 cm³/mol. The summed E-state index contributed by atoms with van der Waals surface area (Å²) in [6.45, 7) is 2.00. The molecule has 1 aliphatic carbocycles. The maximum absolute atomic E-state index is 13.6. The first-order valence-electron chi connectivity index (χ1n) is 6.78. The topological polar surface area (TPSA) is 12.0 Å². The highest BCUT2D eigenvalue weighted by atomic mass is 19.1. The molecule has 0 amide bonds. The first-order valence-corrected chi connectivity index (χ1v) is 6.78. The van der Waals surface area contributed by atoms with Gasteiger partial charge in [0.25, 0.3) is 0 Å². The van der Waals surface area contributed by atoms with Gasteiger partial charge in [0.05, 0.1) is 5.69 Å². The van der Waals surface area contributed by atoms with E-state index < -0.39 is 0 Å². The second kappa shape index (κ2) is 6.04. The molecule has 17 heavy (non-hydrogen) atoms. The van der Waals surface area contributed by atoms with E-state index in [-0.39, 0.29) is 5.82 Å². The Morgan fingerprint density at radius 3 is 2.41 bits per heavy atom.